The van der Waals surface area contributed by atoms with Crippen molar-refractivity contribution in [2.24, 2.45) is 0 Å². The first-order valence-electron chi connectivity index (χ1n) is 7.79. The topological polar surface area (TPSA) is 42.0 Å². The number of amides is 1. The second-order valence-corrected chi connectivity index (χ2v) is 6.07. The van der Waals surface area contributed by atoms with Crippen molar-refractivity contribution in [2.45, 2.75) is 6.04 Å². The van der Waals surface area contributed by atoms with Crippen molar-refractivity contribution >= 4 is 11.6 Å². The number of methoxy groups -OCH3 is 2. The minimum atomic E-state index is -0.122. The van der Waals surface area contributed by atoms with Crippen LogP contribution in [0.3, 0.4) is 0 Å². The van der Waals surface area contributed by atoms with Crippen LogP contribution >= 0.6 is 0 Å². The Labute approximate surface area is 142 Å². The summed E-state index contributed by atoms with van der Waals surface area (Å²) in [5, 5.41) is 0. The molecule has 1 aliphatic rings. The molecule has 126 valence electrons. The van der Waals surface area contributed by atoms with Crippen LogP contribution in [0.4, 0.5) is 5.69 Å². The van der Waals surface area contributed by atoms with Gasteiger partial charge in [0.2, 0.25) is 0 Å². The second-order valence-electron chi connectivity index (χ2n) is 6.07. The highest BCUT2D eigenvalue weighted by molar-refractivity contribution is 6.03. The first-order chi connectivity index (χ1) is 11.5. The molecule has 2 aromatic carbocycles. The van der Waals surface area contributed by atoms with Gasteiger partial charge >= 0.3 is 0 Å². The van der Waals surface area contributed by atoms with E-state index >= 15 is 0 Å². The molecule has 1 aliphatic heterocycles. The average molecular weight is 326 g/mol. The zero-order valence-corrected chi connectivity index (χ0v) is 14.7. The lowest BCUT2D eigenvalue weighted by Gasteiger charge is -2.22. The zero-order valence-electron chi connectivity index (χ0n) is 14.7. The summed E-state index contributed by atoms with van der Waals surface area (Å²) in [7, 11) is 8.97. The molecule has 0 fully saturated rings. The number of benzene rings is 2. The summed E-state index contributed by atoms with van der Waals surface area (Å²) in [6, 6.07) is 11.9. The van der Waals surface area contributed by atoms with Crippen LogP contribution in [-0.2, 0) is 0 Å². The lowest BCUT2D eigenvalue weighted by Crippen LogP contribution is -2.24. The highest BCUT2D eigenvalue weighted by Crippen LogP contribution is 2.45. The number of carbonyl (C=O) groups is 1. The first kappa shape index (κ1) is 16.2. The molecule has 1 heterocycles. The van der Waals surface area contributed by atoms with Crippen molar-refractivity contribution in [3.8, 4) is 11.5 Å². The fraction of sp³-hybridized carbons (Fsp3) is 0.316. The first-order valence-corrected chi connectivity index (χ1v) is 7.79. The van der Waals surface area contributed by atoms with Crippen LogP contribution < -0.4 is 14.4 Å². The number of carbonyl (C=O) groups excluding carboxylic acids is 1. The van der Waals surface area contributed by atoms with Gasteiger partial charge in [0.25, 0.3) is 5.91 Å². The highest BCUT2D eigenvalue weighted by Gasteiger charge is 2.38. The minimum Gasteiger partial charge on any atom is -0.493 e. The van der Waals surface area contributed by atoms with Gasteiger partial charge in [-0.3, -0.25) is 4.79 Å². The average Bonchev–Trinajstić information content (AvgIpc) is 2.85. The number of rotatable bonds is 4. The number of fused-ring (bicyclic) bond motifs is 1. The zero-order chi connectivity index (χ0) is 17.4. The predicted octanol–water partition coefficient (Wildman–Crippen LogP) is 2.94. The van der Waals surface area contributed by atoms with Crippen LogP contribution in [0.2, 0.25) is 0 Å². The van der Waals surface area contributed by atoms with Crippen molar-refractivity contribution in [1.82, 2.24) is 4.90 Å². The van der Waals surface area contributed by atoms with Crippen molar-refractivity contribution in [3.63, 3.8) is 0 Å². The fourth-order valence-corrected chi connectivity index (χ4v) is 3.25. The number of hydrogen-bond acceptors (Lipinski definition) is 4. The standard InChI is InChI=1S/C19H22N2O3/c1-20(2)13-8-6-12(7-9-13)17-14-10-11-15(23-4)18(24-5)16(14)19(22)21(17)3/h6-11,17H,1-5H3/t17-/m1/s1. The Balaban J connectivity index is 2.11. The quantitative estimate of drug-likeness (QED) is 0.866. The molecule has 5 heteroatoms. The maximum Gasteiger partial charge on any atom is 0.258 e. The number of hydrogen-bond donors (Lipinski definition) is 0. The van der Waals surface area contributed by atoms with Crippen molar-refractivity contribution in [1.29, 1.82) is 0 Å². The van der Waals surface area contributed by atoms with Gasteiger partial charge in [-0.25, -0.2) is 0 Å². The van der Waals surface area contributed by atoms with Gasteiger partial charge in [0.15, 0.2) is 11.5 Å². The third-order valence-electron chi connectivity index (χ3n) is 4.52. The van der Waals surface area contributed by atoms with Gasteiger partial charge in [0.05, 0.1) is 25.8 Å². The van der Waals surface area contributed by atoms with Crippen LogP contribution in [-0.4, -0.2) is 46.2 Å². The molecule has 24 heavy (non-hydrogen) atoms. The van der Waals surface area contributed by atoms with Crippen molar-refractivity contribution in [3.05, 3.63) is 53.1 Å². The number of anilines is 1. The summed E-state index contributed by atoms with van der Waals surface area (Å²) in [4.78, 5) is 16.6. The molecule has 0 aliphatic carbocycles. The summed E-state index contributed by atoms with van der Waals surface area (Å²) in [5.41, 5.74) is 3.72. The second kappa shape index (κ2) is 6.07. The molecule has 0 spiro atoms. The van der Waals surface area contributed by atoms with Crippen molar-refractivity contribution < 1.29 is 14.3 Å². The Kier molecular flexibility index (Phi) is 4.09. The van der Waals surface area contributed by atoms with Crippen molar-refractivity contribution in [2.75, 3.05) is 40.3 Å². The maximum absolute atomic E-state index is 12.8. The van der Waals surface area contributed by atoms with Gasteiger partial charge in [0, 0.05) is 26.8 Å². The molecule has 0 unspecified atom stereocenters. The fourth-order valence-electron chi connectivity index (χ4n) is 3.25. The molecular formula is C19H22N2O3. The van der Waals surface area contributed by atoms with E-state index in [4.69, 9.17) is 9.47 Å². The minimum absolute atomic E-state index is 0.0533. The summed E-state index contributed by atoms with van der Waals surface area (Å²) >= 11 is 0. The van der Waals surface area contributed by atoms with Crippen LogP contribution in [0.5, 0.6) is 11.5 Å². The molecule has 0 N–H and O–H groups in total. The number of nitrogens with zero attached hydrogens (tertiary/aromatic N) is 2. The van der Waals surface area contributed by atoms with E-state index in [1.165, 1.54) is 0 Å². The van der Waals surface area contributed by atoms with Gasteiger partial charge in [-0.2, -0.15) is 0 Å². The van der Waals surface area contributed by atoms with E-state index < -0.39 is 0 Å². The SMILES string of the molecule is COc1ccc2c(c1OC)C(=O)N(C)[C@@H]2c1ccc(N(C)C)cc1. The van der Waals surface area contributed by atoms with E-state index in [9.17, 15) is 4.79 Å². The molecule has 0 saturated heterocycles. The largest absolute Gasteiger partial charge is 0.493 e. The van der Waals surface area contributed by atoms with Gasteiger partial charge < -0.3 is 19.3 Å². The van der Waals surface area contributed by atoms with Crippen LogP contribution in [0, 0.1) is 0 Å². The van der Waals surface area contributed by atoms with Gasteiger partial charge in [-0.05, 0) is 29.3 Å². The Morgan fingerprint density at radius 2 is 1.67 bits per heavy atom. The summed E-state index contributed by atoms with van der Waals surface area (Å²) < 4.78 is 10.8. The maximum atomic E-state index is 12.8. The van der Waals surface area contributed by atoms with E-state index in [1.807, 2.05) is 33.3 Å². The van der Waals surface area contributed by atoms with E-state index in [-0.39, 0.29) is 11.9 Å². The lowest BCUT2D eigenvalue weighted by molar-refractivity contribution is 0.0791. The van der Waals surface area contributed by atoms with E-state index in [1.54, 1.807) is 19.1 Å². The molecule has 2 aromatic rings. The van der Waals surface area contributed by atoms with E-state index in [0.29, 0.717) is 17.1 Å². The van der Waals surface area contributed by atoms with Gasteiger partial charge in [0.1, 0.15) is 0 Å². The summed E-state index contributed by atoms with van der Waals surface area (Å²) in [5.74, 6) is 1.02. The monoisotopic (exact) mass is 326 g/mol. The van der Waals surface area contributed by atoms with Crippen LogP contribution in [0.1, 0.15) is 27.5 Å². The normalized spacial score (nSPS) is 16.1. The highest BCUT2D eigenvalue weighted by atomic mass is 16.5. The Hall–Kier alpha value is -2.69. The summed E-state index contributed by atoms with van der Waals surface area (Å²) in [6.07, 6.45) is 0. The van der Waals surface area contributed by atoms with Crippen LogP contribution in [0.15, 0.2) is 36.4 Å². The number of ether oxygens (including phenoxy) is 2. The molecule has 5 nitrogen and oxygen atoms in total. The lowest BCUT2D eigenvalue weighted by atomic mass is 9.97. The molecule has 0 radical (unpaired) electrons. The van der Waals surface area contributed by atoms with E-state index in [0.717, 1.165) is 16.8 Å². The van der Waals surface area contributed by atoms with Gasteiger partial charge in [-0.15, -0.1) is 0 Å². The molecule has 0 aromatic heterocycles. The molecule has 3 rings (SSSR count). The molecule has 0 bridgehead atoms. The predicted molar refractivity (Wildman–Crippen MR) is 94.3 cm³/mol. The third-order valence-corrected chi connectivity index (χ3v) is 4.52. The van der Waals surface area contributed by atoms with Gasteiger partial charge in [-0.1, -0.05) is 18.2 Å². The summed E-state index contributed by atoms with van der Waals surface area (Å²) in [6.45, 7) is 0. The Morgan fingerprint density at radius 3 is 2.21 bits per heavy atom. The molecule has 1 atom stereocenters. The third kappa shape index (κ3) is 2.37. The Morgan fingerprint density at radius 1 is 1.00 bits per heavy atom. The molecule has 1 amide bonds. The van der Waals surface area contributed by atoms with E-state index in [2.05, 4.69) is 29.2 Å². The van der Waals surface area contributed by atoms with Crippen LogP contribution in [0.25, 0.3) is 0 Å². The Bertz CT molecular complexity index is 769. The molecular weight excluding hydrogens is 304 g/mol. The molecule has 0 saturated carbocycles. The smallest absolute Gasteiger partial charge is 0.258 e.